The van der Waals surface area contributed by atoms with Gasteiger partial charge in [-0.05, 0) is 30.2 Å². The van der Waals surface area contributed by atoms with E-state index in [0.717, 1.165) is 29.3 Å². The van der Waals surface area contributed by atoms with Crippen LogP contribution in [0.4, 0.5) is 4.79 Å². The zero-order chi connectivity index (χ0) is 13.8. The molecule has 0 N–H and O–H groups in total. The van der Waals surface area contributed by atoms with Gasteiger partial charge in [0.2, 0.25) is 0 Å². The Morgan fingerprint density at radius 1 is 1.47 bits per heavy atom. The summed E-state index contributed by atoms with van der Waals surface area (Å²) in [4.78, 5) is 11.9. The monoisotopic (exact) mass is 343 g/mol. The Balaban J connectivity index is 2.29. The lowest BCUT2D eigenvalue weighted by Gasteiger charge is -2.07. The van der Waals surface area contributed by atoms with Crippen molar-refractivity contribution in [2.24, 2.45) is 0 Å². The number of alkyl halides is 1. The second-order valence-electron chi connectivity index (χ2n) is 4.29. The number of hydrogen-bond donors (Lipinski definition) is 0. The Kier molecular flexibility index (Phi) is 4.88. The van der Waals surface area contributed by atoms with Gasteiger partial charge in [-0.1, -0.05) is 40.9 Å². The SMILES string of the molecule is CCCCOC(=O)n1ccc2cc(CBr)c(Cl)cc21. The number of benzene rings is 1. The molecule has 0 saturated carbocycles. The van der Waals surface area contributed by atoms with Crippen molar-refractivity contribution in [3.63, 3.8) is 0 Å². The summed E-state index contributed by atoms with van der Waals surface area (Å²) in [5, 5.41) is 2.31. The molecule has 0 unspecified atom stereocenters. The summed E-state index contributed by atoms with van der Waals surface area (Å²) < 4.78 is 6.70. The van der Waals surface area contributed by atoms with Gasteiger partial charge in [0.15, 0.2) is 0 Å². The molecule has 0 aliphatic heterocycles. The number of rotatable bonds is 4. The van der Waals surface area contributed by atoms with Crippen molar-refractivity contribution in [2.75, 3.05) is 6.61 Å². The molecule has 1 aromatic carbocycles. The molecule has 0 fully saturated rings. The lowest BCUT2D eigenvalue weighted by Crippen LogP contribution is -2.13. The summed E-state index contributed by atoms with van der Waals surface area (Å²) in [6.07, 6.45) is 3.23. The molecule has 1 aromatic heterocycles. The minimum Gasteiger partial charge on any atom is -0.449 e. The van der Waals surface area contributed by atoms with Crippen LogP contribution in [0.5, 0.6) is 0 Å². The molecule has 3 nitrogen and oxygen atoms in total. The van der Waals surface area contributed by atoms with E-state index >= 15 is 0 Å². The largest absolute Gasteiger partial charge is 0.449 e. The lowest BCUT2D eigenvalue weighted by atomic mass is 10.2. The van der Waals surface area contributed by atoms with Crippen LogP contribution in [0.1, 0.15) is 25.3 Å². The van der Waals surface area contributed by atoms with Crippen molar-refractivity contribution in [2.45, 2.75) is 25.1 Å². The van der Waals surface area contributed by atoms with Gasteiger partial charge in [-0.2, -0.15) is 0 Å². The van der Waals surface area contributed by atoms with Gasteiger partial charge in [0.25, 0.3) is 0 Å². The van der Waals surface area contributed by atoms with E-state index in [2.05, 4.69) is 22.9 Å². The van der Waals surface area contributed by atoms with Gasteiger partial charge in [0, 0.05) is 21.9 Å². The summed E-state index contributed by atoms with van der Waals surface area (Å²) >= 11 is 9.56. The van der Waals surface area contributed by atoms with E-state index < -0.39 is 0 Å². The molecular formula is C14H15BrClNO2. The maximum absolute atomic E-state index is 11.9. The zero-order valence-corrected chi connectivity index (χ0v) is 13.0. The van der Waals surface area contributed by atoms with Crippen molar-refractivity contribution in [3.8, 4) is 0 Å². The average Bonchev–Trinajstić information content (AvgIpc) is 2.80. The zero-order valence-electron chi connectivity index (χ0n) is 10.7. The number of nitrogens with zero attached hydrogens (tertiary/aromatic N) is 1. The molecule has 0 radical (unpaired) electrons. The summed E-state index contributed by atoms with van der Waals surface area (Å²) in [5.41, 5.74) is 1.78. The van der Waals surface area contributed by atoms with E-state index in [4.69, 9.17) is 16.3 Å². The molecule has 0 amide bonds. The third kappa shape index (κ3) is 3.12. The van der Waals surface area contributed by atoms with E-state index in [0.29, 0.717) is 17.0 Å². The van der Waals surface area contributed by atoms with Gasteiger partial charge in [0.05, 0.1) is 12.1 Å². The van der Waals surface area contributed by atoms with Crippen LogP contribution in [-0.4, -0.2) is 17.3 Å². The minimum atomic E-state index is -0.355. The van der Waals surface area contributed by atoms with Crippen LogP contribution >= 0.6 is 27.5 Å². The molecule has 0 atom stereocenters. The normalized spacial score (nSPS) is 10.9. The highest BCUT2D eigenvalue weighted by molar-refractivity contribution is 9.08. The fraction of sp³-hybridized carbons (Fsp3) is 0.357. The summed E-state index contributed by atoms with van der Waals surface area (Å²) in [6, 6.07) is 5.66. The van der Waals surface area contributed by atoms with Crippen molar-refractivity contribution >= 4 is 44.5 Å². The molecule has 0 spiro atoms. The van der Waals surface area contributed by atoms with Crippen molar-refractivity contribution in [1.82, 2.24) is 4.57 Å². The number of halogens is 2. The van der Waals surface area contributed by atoms with Gasteiger partial charge < -0.3 is 4.74 Å². The Morgan fingerprint density at radius 2 is 2.26 bits per heavy atom. The number of carbonyl (C=O) groups excluding carboxylic acids is 1. The van der Waals surface area contributed by atoms with Gasteiger partial charge in [0.1, 0.15) is 0 Å². The highest BCUT2D eigenvalue weighted by Crippen LogP contribution is 2.26. The molecule has 0 aliphatic carbocycles. The van der Waals surface area contributed by atoms with Crippen LogP contribution < -0.4 is 0 Å². The van der Waals surface area contributed by atoms with Gasteiger partial charge in [-0.3, -0.25) is 4.57 Å². The van der Waals surface area contributed by atoms with E-state index in [-0.39, 0.29) is 6.09 Å². The first-order chi connectivity index (χ1) is 9.17. The second-order valence-corrected chi connectivity index (χ2v) is 5.26. The average molecular weight is 345 g/mol. The van der Waals surface area contributed by atoms with E-state index in [9.17, 15) is 4.79 Å². The van der Waals surface area contributed by atoms with Crippen LogP contribution in [0.25, 0.3) is 10.9 Å². The maximum atomic E-state index is 11.9. The Morgan fingerprint density at radius 3 is 2.95 bits per heavy atom. The number of aromatic nitrogens is 1. The first-order valence-electron chi connectivity index (χ1n) is 6.20. The van der Waals surface area contributed by atoms with Crippen LogP contribution in [0.15, 0.2) is 24.4 Å². The number of fused-ring (bicyclic) bond motifs is 1. The number of hydrogen-bond acceptors (Lipinski definition) is 2. The Bertz CT molecular complexity index is 594. The molecule has 1 heterocycles. The Hall–Kier alpha value is -1.000. The maximum Gasteiger partial charge on any atom is 0.418 e. The van der Waals surface area contributed by atoms with Crippen LogP contribution in [0.2, 0.25) is 5.02 Å². The minimum absolute atomic E-state index is 0.355. The molecule has 2 aromatic rings. The fourth-order valence-electron chi connectivity index (χ4n) is 1.84. The Labute approximate surface area is 125 Å². The molecule has 2 rings (SSSR count). The van der Waals surface area contributed by atoms with Crippen molar-refractivity contribution < 1.29 is 9.53 Å². The van der Waals surface area contributed by atoms with E-state index in [1.807, 2.05) is 12.1 Å². The first-order valence-corrected chi connectivity index (χ1v) is 7.70. The summed E-state index contributed by atoms with van der Waals surface area (Å²) in [7, 11) is 0. The van der Waals surface area contributed by atoms with Crippen LogP contribution in [0.3, 0.4) is 0 Å². The van der Waals surface area contributed by atoms with Gasteiger partial charge in [-0.25, -0.2) is 4.79 Å². The van der Waals surface area contributed by atoms with Crippen molar-refractivity contribution in [3.05, 3.63) is 35.0 Å². The summed E-state index contributed by atoms with van der Waals surface area (Å²) in [6.45, 7) is 2.50. The second kappa shape index (κ2) is 6.44. The third-order valence-corrected chi connectivity index (χ3v) is 3.88. The van der Waals surface area contributed by atoms with E-state index in [1.54, 1.807) is 12.3 Å². The van der Waals surface area contributed by atoms with Gasteiger partial charge >= 0.3 is 6.09 Å². The van der Waals surface area contributed by atoms with Crippen LogP contribution in [0, 0.1) is 0 Å². The van der Waals surface area contributed by atoms with Gasteiger partial charge in [-0.15, -0.1) is 0 Å². The third-order valence-electron chi connectivity index (χ3n) is 2.92. The highest BCUT2D eigenvalue weighted by Gasteiger charge is 2.12. The first kappa shape index (κ1) is 14.4. The predicted octanol–water partition coefficient (Wildman–Crippen LogP) is 4.97. The highest BCUT2D eigenvalue weighted by atomic mass is 79.9. The number of carbonyl (C=O) groups is 1. The number of unbranched alkanes of at least 4 members (excludes halogenated alkanes) is 1. The molecule has 0 saturated heterocycles. The number of ether oxygens (including phenoxy) is 1. The topological polar surface area (TPSA) is 31.2 Å². The molecule has 0 aliphatic rings. The summed E-state index contributed by atoms with van der Waals surface area (Å²) in [5.74, 6) is 0. The van der Waals surface area contributed by atoms with Crippen molar-refractivity contribution in [1.29, 1.82) is 0 Å². The molecule has 102 valence electrons. The molecule has 0 bridgehead atoms. The molecule has 5 heteroatoms. The molecular weight excluding hydrogens is 330 g/mol. The molecule has 19 heavy (non-hydrogen) atoms. The van der Waals surface area contributed by atoms with E-state index in [1.165, 1.54) is 4.57 Å². The quantitative estimate of drug-likeness (QED) is 0.579. The standard InChI is InChI=1S/C14H15BrClNO2/c1-2-3-6-19-14(18)17-5-4-10-7-11(9-15)12(16)8-13(10)17/h4-5,7-8H,2-3,6,9H2,1H3. The lowest BCUT2D eigenvalue weighted by molar-refractivity contribution is 0.147. The van der Waals surface area contributed by atoms with Crippen LogP contribution in [-0.2, 0) is 10.1 Å². The predicted molar refractivity (Wildman–Crippen MR) is 81.2 cm³/mol. The fourth-order valence-corrected chi connectivity index (χ4v) is 2.69. The smallest absolute Gasteiger partial charge is 0.418 e.